The van der Waals surface area contributed by atoms with Gasteiger partial charge in [0.25, 0.3) is 5.91 Å². The van der Waals surface area contributed by atoms with E-state index in [1.165, 1.54) is 16.2 Å². The molecule has 2 aliphatic heterocycles. The third-order valence-electron chi connectivity index (χ3n) is 4.75. The number of nitrogens with zero attached hydrogens (tertiary/aromatic N) is 1. The van der Waals surface area contributed by atoms with E-state index in [1.54, 1.807) is 4.90 Å². The quantitative estimate of drug-likeness (QED) is 0.795. The number of rotatable bonds is 1. The van der Waals surface area contributed by atoms with Crippen LogP contribution < -0.4 is 0 Å². The van der Waals surface area contributed by atoms with E-state index in [1.807, 2.05) is 6.07 Å². The number of fused-ring (bicyclic) bond motifs is 2. The molecule has 0 spiro atoms. The van der Waals surface area contributed by atoms with E-state index in [2.05, 4.69) is 0 Å². The van der Waals surface area contributed by atoms with Crippen molar-refractivity contribution in [2.45, 2.75) is 25.6 Å². The second-order valence-corrected chi connectivity index (χ2v) is 7.18. The number of likely N-dealkylation sites (tertiary alicyclic amines) is 1. The van der Waals surface area contributed by atoms with Gasteiger partial charge in [0.15, 0.2) is 12.0 Å². The molecule has 1 amide bonds. The van der Waals surface area contributed by atoms with Crippen LogP contribution in [0.15, 0.2) is 6.07 Å². The van der Waals surface area contributed by atoms with Crippen molar-refractivity contribution in [3.8, 4) is 0 Å². The lowest BCUT2D eigenvalue weighted by atomic mass is 10.0. The Morgan fingerprint density at radius 1 is 1.43 bits per heavy atom. The predicted molar refractivity (Wildman–Crippen MR) is 75.1 cm³/mol. The van der Waals surface area contributed by atoms with Gasteiger partial charge < -0.3 is 9.64 Å². The molecule has 0 aromatic carbocycles. The second-order valence-electron chi connectivity index (χ2n) is 6.04. The maximum atomic E-state index is 13.4. The SMILES string of the molecule is O=C1[C@@H](F)C[C@H]2CN(C(=O)c3cc4c(s3)CCOC4)C[C@@H]12. The molecule has 1 saturated carbocycles. The molecule has 1 aromatic rings. The minimum absolute atomic E-state index is 0.00868. The molecule has 4 nitrogen and oxygen atoms in total. The van der Waals surface area contributed by atoms with Crippen LogP contribution in [-0.4, -0.2) is 42.5 Å². The Morgan fingerprint density at radius 2 is 2.29 bits per heavy atom. The van der Waals surface area contributed by atoms with Gasteiger partial charge in [-0.1, -0.05) is 0 Å². The topological polar surface area (TPSA) is 46.6 Å². The van der Waals surface area contributed by atoms with Gasteiger partial charge in [-0.25, -0.2) is 4.39 Å². The van der Waals surface area contributed by atoms with Gasteiger partial charge in [-0.15, -0.1) is 11.3 Å². The maximum absolute atomic E-state index is 13.4. The third kappa shape index (κ3) is 2.12. The number of thiophene rings is 1. The summed E-state index contributed by atoms with van der Waals surface area (Å²) in [5.41, 5.74) is 1.11. The molecule has 0 bridgehead atoms. The highest BCUT2D eigenvalue weighted by Crippen LogP contribution is 2.38. The largest absolute Gasteiger partial charge is 0.376 e. The minimum atomic E-state index is -1.32. The molecule has 2 fully saturated rings. The first-order chi connectivity index (χ1) is 10.1. The number of ether oxygens (including phenoxy) is 1. The normalized spacial score (nSPS) is 31.4. The van der Waals surface area contributed by atoms with Gasteiger partial charge in [0, 0.05) is 30.3 Å². The van der Waals surface area contributed by atoms with Crippen molar-refractivity contribution < 1.29 is 18.7 Å². The Bertz CT molecular complexity index is 591. The number of halogens is 1. The van der Waals surface area contributed by atoms with Crippen LogP contribution in [0.3, 0.4) is 0 Å². The Kier molecular flexibility index (Phi) is 3.11. The van der Waals surface area contributed by atoms with E-state index in [4.69, 9.17) is 4.74 Å². The number of hydrogen-bond donors (Lipinski definition) is 0. The minimum Gasteiger partial charge on any atom is -0.376 e. The Hall–Kier alpha value is -1.27. The summed E-state index contributed by atoms with van der Waals surface area (Å²) >= 11 is 1.53. The molecule has 3 heterocycles. The van der Waals surface area contributed by atoms with Crippen molar-refractivity contribution in [3.63, 3.8) is 0 Å². The van der Waals surface area contributed by atoms with Gasteiger partial charge in [0.05, 0.1) is 18.1 Å². The van der Waals surface area contributed by atoms with Crippen LogP contribution in [0.5, 0.6) is 0 Å². The number of ketones is 1. The van der Waals surface area contributed by atoms with Crippen LogP contribution in [0.25, 0.3) is 0 Å². The van der Waals surface area contributed by atoms with Crippen molar-refractivity contribution in [2.24, 2.45) is 11.8 Å². The molecular formula is C15H16FNO3S. The molecule has 0 N–H and O–H groups in total. The molecule has 4 rings (SSSR count). The molecule has 112 valence electrons. The first-order valence-electron chi connectivity index (χ1n) is 7.30. The third-order valence-corrected chi connectivity index (χ3v) is 5.98. The van der Waals surface area contributed by atoms with Crippen LogP contribution in [0.4, 0.5) is 4.39 Å². The lowest BCUT2D eigenvalue weighted by Gasteiger charge is -2.16. The standard InChI is InChI=1S/C15H16FNO3S/c16-11-3-8-5-17(6-10(8)14(11)18)15(19)13-4-9-7-20-2-1-12(9)21-13/h4,8,10-11H,1-3,5-7H2/t8-,10+,11-/m0/s1. The first-order valence-corrected chi connectivity index (χ1v) is 8.11. The molecule has 0 unspecified atom stereocenters. The first kappa shape index (κ1) is 13.4. The highest BCUT2D eigenvalue weighted by atomic mass is 32.1. The molecule has 1 aliphatic carbocycles. The molecule has 1 aromatic heterocycles. The molecule has 21 heavy (non-hydrogen) atoms. The van der Waals surface area contributed by atoms with Gasteiger partial charge in [0.2, 0.25) is 0 Å². The highest BCUT2D eigenvalue weighted by Gasteiger charge is 2.48. The lowest BCUT2D eigenvalue weighted by Crippen LogP contribution is -2.31. The fourth-order valence-corrected chi connectivity index (χ4v) is 4.74. The van der Waals surface area contributed by atoms with E-state index in [9.17, 15) is 14.0 Å². The Morgan fingerprint density at radius 3 is 3.05 bits per heavy atom. The number of alkyl halides is 1. The Labute approximate surface area is 125 Å². The van der Waals surface area contributed by atoms with E-state index >= 15 is 0 Å². The monoisotopic (exact) mass is 309 g/mol. The number of hydrogen-bond acceptors (Lipinski definition) is 4. The smallest absolute Gasteiger partial charge is 0.263 e. The maximum Gasteiger partial charge on any atom is 0.263 e. The van der Waals surface area contributed by atoms with Crippen molar-refractivity contribution in [1.29, 1.82) is 0 Å². The van der Waals surface area contributed by atoms with Crippen LogP contribution in [0.2, 0.25) is 0 Å². The predicted octanol–water partition coefficient (Wildman–Crippen LogP) is 1.82. The van der Waals surface area contributed by atoms with Crippen LogP contribution in [0.1, 0.15) is 26.5 Å². The molecule has 3 aliphatic rings. The van der Waals surface area contributed by atoms with Crippen LogP contribution in [-0.2, 0) is 22.6 Å². The molecule has 1 saturated heterocycles. The second kappa shape index (κ2) is 4.88. The van der Waals surface area contributed by atoms with Crippen molar-refractivity contribution in [2.75, 3.05) is 19.7 Å². The van der Waals surface area contributed by atoms with Crippen molar-refractivity contribution >= 4 is 23.0 Å². The van der Waals surface area contributed by atoms with E-state index in [-0.39, 0.29) is 29.9 Å². The molecule has 6 heteroatoms. The average Bonchev–Trinajstić information content (AvgIpc) is 3.14. The highest BCUT2D eigenvalue weighted by molar-refractivity contribution is 7.14. The summed E-state index contributed by atoms with van der Waals surface area (Å²) in [6.07, 6.45) is -0.175. The lowest BCUT2D eigenvalue weighted by molar-refractivity contribution is -0.124. The molecular weight excluding hydrogens is 293 g/mol. The van der Waals surface area contributed by atoms with Crippen molar-refractivity contribution in [1.82, 2.24) is 4.90 Å². The summed E-state index contributed by atoms with van der Waals surface area (Å²) in [5.74, 6) is -0.613. The zero-order valence-corrected chi connectivity index (χ0v) is 12.3. The van der Waals surface area contributed by atoms with Crippen molar-refractivity contribution in [3.05, 3.63) is 21.4 Å². The number of carbonyl (C=O) groups excluding carboxylic acids is 2. The summed E-state index contributed by atoms with van der Waals surface area (Å²) in [6.45, 7) is 2.17. The van der Waals surface area contributed by atoms with Gasteiger partial charge >= 0.3 is 0 Å². The van der Waals surface area contributed by atoms with Gasteiger partial charge in [-0.2, -0.15) is 0 Å². The fraction of sp³-hybridized carbons (Fsp3) is 0.600. The summed E-state index contributed by atoms with van der Waals surface area (Å²) < 4.78 is 18.8. The van der Waals surface area contributed by atoms with E-state index < -0.39 is 6.17 Å². The summed E-state index contributed by atoms with van der Waals surface area (Å²) in [7, 11) is 0. The molecule has 0 radical (unpaired) electrons. The zero-order valence-electron chi connectivity index (χ0n) is 11.5. The van der Waals surface area contributed by atoms with E-state index in [0.29, 0.717) is 26.3 Å². The molecule has 3 atom stereocenters. The number of amides is 1. The summed E-state index contributed by atoms with van der Waals surface area (Å²) in [5, 5.41) is 0. The number of carbonyl (C=O) groups is 2. The zero-order chi connectivity index (χ0) is 14.6. The van der Waals surface area contributed by atoms with Gasteiger partial charge in [-0.3, -0.25) is 9.59 Å². The summed E-state index contributed by atoms with van der Waals surface area (Å²) in [4.78, 5) is 28.0. The Balaban J connectivity index is 1.51. The van der Waals surface area contributed by atoms with Gasteiger partial charge in [-0.05, 0) is 24.0 Å². The fourth-order valence-electron chi connectivity index (χ4n) is 3.62. The summed E-state index contributed by atoms with van der Waals surface area (Å²) in [6, 6.07) is 1.91. The van der Waals surface area contributed by atoms with Crippen LogP contribution >= 0.6 is 11.3 Å². The van der Waals surface area contributed by atoms with Crippen LogP contribution in [0, 0.1) is 11.8 Å². The van der Waals surface area contributed by atoms with Gasteiger partial charge in [0.1, 0.15) is 0 Å². The number of Topliss-reactive ketones (excluding diaryl/α,β-unsaturated/α-hetero) is 1. The average molecular weight is 309 g/mol. The van der Waals surface area contributed by atoms with E-state index in [0.717, 1.165) is 16.9 Å².